The van der Waals surface area contributed by atoms with E-state index in [2.05, 4.69) is 69.0 Å². The molecule has 3 aromatic rings. The number of nitrogens with zero attached hydrogens (tertiary/aromatic N) is 5. The molecule has 2 heterocycles. The van der Waals surface area contributed by atoms with Gasteiger partial charge in [-0.2, -0.15) is 5.10 Å². The summed E-state index contributed by atoms with van der Waals surface area (Å²) < 4.78 is 5.00. The van der Waals surface area contributed by atoms with Gasteiger partial charge in [-0.3, -0.25) is 9.47 Å². The Morgan fingerprint density at radius 2 is 1.43 bits per heavy atom. The van der Waals surface area contributed by atoms with Crippen LogP contribution in [-0.2, 0) is 6.67 Å². The van der Waals surface area contributed by atoms with Gasteiger partial charge in [0, 0.05) is 43.5 Å². The maximum atomic E-state index is 5.84. The summed E-state index contributed by atoms with van der Waals surface area (Å²) in [7, 11) is 0. The first-order valence-corrected chi connectivity index (χ1v) is 10.5. The van der Waals surface area contributed by atoms with Gasteiger partial charge in [-0.25, -0.2) is 4.68 Å². The molecule has 1 aliphatic carbocycles. The van der Waals surface area contributed by atoms with E-state index in [1.54, 1.807) is 0 Å². The zero-order chi connectivity index (χ0) is 18.9. The molecule has 6 heteroatoms. The molecule has 0 atom stereocenters. The van der Waals surface area contributed by atoms with Crippen LogP contribution in [0.1, 0.15) is 24.6 Å². The number of benzene rings is 2. The molecule has 0 radical (unpaired) electrons. The molecule has 0 spiro atoms. The van der Waals surface area contributed by atoms with Crippen molar-refractivity contribution in [1.82, 2.24) is 19.2 Å². The number of para-hydroxylation sites is 2. The van der Waals surface area contributed by atoms with Crippen molar-refractivity contribution in [2.75, 3.05) is 31.1 Å². The first-order valence-electron chi connectivity index (χ1n) is 10.1. The van der Waals surface area contributed by atoms with E-state index in [9.17, 15) is 0 Å². The van der Waals surface area contributed by atoms with Crippen molar-refractivity contribution in [1.29, 1.82) is 0 Å². The minimum absolute atomic E-state index is 0.554. The van der Waals surface area contributed by atoms with Crippen LogP contribution in [-0.4, -0.2) is 45.4 Å². The summed E-state index contributed by atoms with van der Waals surface area (Å²) in [5, 5.41) is 4.94. The molecule has 0 amide bonds. The third-order valence-electron chi connectivity index (χ3n) is 5.65. The van der Waals surface area contributed by atoms with Gasteiger partial charge < -0.3 is 4.90 Å². The highest BCUT2D eigenvalue weighted by molar-refractivity contribution is 7.71. The summed E-state index contributed by atoms with van der Waals surface area (Å²) in [6, 6.07) is 21.1. The molecule has 5 nitrogen and oxygen atoms in total. The highest BCUT2D eigenvalue weighted by Crippen LogP contribution is 2.40. The van der Waals surface area contributed by atoms with Crippen LogP contribution in [0.2, 0.25) is 0 Å². The Balaban J connectivity index is 1.33. The summed E-state index contributed by atoms with van der Waals surface area (Å²) >= 11 is 5.84. The topological polar surface area (TPSA) is 29.2 Å². The minimum Gasteiger partial charge on any atom is -0.369 e. The molecule has 144 valence electrons. The Hall–Kier alpha value is -2.44. The second-order valence-corrected chi connectivity index (χ2v) is 8.03. The van der Waals surface area contributed by atoms with Crippen LogP contribution < -0.4 is 4.90 Å². The van der Waals surface area contributed by atoms with E-state index in [0.29, 0.717) is 5.92 Å². The summed E-state index contributed by atoms with van der Waals surface area (Å²) in [6.45, 7) is 4.88. The molecular formula is C22H25N5S. The number of anilines is 1. The fourth-order valence-corrected chi connectivity index (χ4v) is 4.22. The van der Waals surface area contributed by atoms with Gasteiger partial charge in [0.1, 0.15) is 5.82 Å². The molecule has 28 heavy (non-hydrogen) atoms. The van der Waals surface area contributed by atoms with Crippen LogP contribution in [0.25, 0.3) is 5.69 Å². The molecule has 1 saturated heterocycles. The maximum absolute atomic E-state index is 5.84. The van der Waals surface area contributed by atoms with E-state index in [-0.39, 0.29) is 0 Å². The van der Waals surface area contributed by atoms with Crippen molar-refractivity contribution in [3.8, 4) is 5.69 Å². The van der Waals surface area contributed by atoms with Gasteiger partial charge in [-0.1, -0.05) is 36.4 Å². The number of hydrogen-bond donors (Lipinski definition) is 0. The van der Waals surface area contributed by atoms with E-state index in [0.717, 1.165) is 49.1 Å². The van der Waals surface area contributed by atoms with Crippen molar-refractivity contribution in [2.45, 2.75) is 25.4 Å². The predicted molar refractivity (Wildman–Crippen MR) is 115 cm³/mol. The van der Waals surface area contributed by atoms with Crippen LogP contribution >= 0.6 is 12.2 Å². The Kier molecular flexibility index (Phi) is 4.74. The highest BCUT2D eigenvalue weighted by Gasteiger charge is 2.31. The van der Waals surface area contributed by atoms with E-state index in [4.69, 9.17) is 17.3 Å². The monoisotopic (exact) mass is 391 g/mol. The third kappa shape index (κ3) is 3.50. The number of piperazine rings is 1. The minimum atomic E-state index is 0.554. The van der Waals surface area contributed by atoms with Gasteiger partial charge in [0.25, 0.3) is 0 Å². The van der Waals surface area contributed by atoms with Crippen molar-refractivity contribution in [3.05, 3.63) is 71.3 Å². The normalized spacial score (nSPS) is 17.8. The highest BCUT2D eigenvalue weighted by atomic mass is 32.1. The molecule has 2 fully saturated rings. The van der Waals surface area contributed by atoms with Crippen molar-refractivity contribution in [2.24, 2.45) is 0 Å². The zero-order valence-electron chi connectivity index (χ0n) is 15.9. The predicted octanol–water partition coefficient (Wildman–Crippen LogP) is 4.06. The molecule has 2 aromatic carbocycles. The summed E-state index contributed by atoms with van der Waals surface area (Å²) in [5.41, 5.74) is 2.43. The lowest BCUT2D eigenvalue weighted by Gasteiger charge is -2.35. The van der Waals surface area contributed by atoms with Crippen LogP contribution in [0.4, 0.5) is 5.69 Å². The lowest BCUT2D eigenvalue weighted by molar-refractivity contribution is 0.194. The number of rotatable bonds is 5. The Morgan fingerprint density at radius 1 is 0.821 bits per heavy atom. The third-order valence-corrected chi connectivity index (χ3v) is 6.04. The van der Waals surface area contributed by atoms with E-state index in [1.165, 1.54) is 18.5 Å². The number of hydrogen-bond acceptors (Lipinski definition) is 4. The summed E-state index contributed by atoms with van der Waals surface area (Å²) in [4.78, 5) is 4.90. The maximum Gasteiger partial charge on any atom is 0.203 e. The standard InChI is InChI=1S/C22H25N5S/c28-22-26(17-24-13-15-25(16-14-24)19-7-3-1-4-8-19)23-21(18-11-12-18)27(22)20-9-5-2-6-10-20/h1-10,18H,11-17H2. The molecule has 0 N–H and O–H groups in total. The van der Waals surface area contributed by atoms with Crippen LogP contribution in [0.3, 0.4) is 0 Å². The van der Waals surface area contributed by atoms with Gasteiger partial charge in [0.2, 0.25) is 4.77 Å². The first kappa shape index (κ1) is 17.6. The molecule has 1 saturated carbocycles. The van der Waals surface area contributed by atoms with Crippen molar-refractivity contribution < 1.29 is 0 Å². The first-order chi connectivity index (χ1) is 13.8. The van der Waals surface area contributed by atoms with Crippen LogP contribution in [0.5, 0.6) is 0 Å². The lowest BCUT2D eigenvalue weighted by atomic mass is 10.2. The van der Waals surface area contributed by atoms with Gasteiger partial charge in [0.15, 0.2) is 0 Å². The van der Waals surface area contributed by atoms with E-state index < -0.39 is 0 Å². The van der Waals surface area contributed by atoms with Crippen molar-refractivity contribution in [3.63, 3.8) is 0 Å². The largest absolute Gasteiger partial charge is 0.369 e. The lowest BCUT2D eigenvalue weighted by Crippen LogP contribution is -2.47. The quantitative estimate of drug-likeness (QED) is 0.614. The SMILES string of the molecule is S=c1n(CN2CCN(c3ccccc3)CC2)nc(C2CC2)n1-c1ccccc1. The van der Waals surface area contributed by atoms with Gasteiger partial charge in [0.05, 0.1) is 6.67 Å². The second-order valence-electron chi connectivity index (χ2n) is 7.67. The molecule has 1 aromatic heterocycles. The average molecular weight is 392 g/mol. The van der Waals surface area contributed by atoms with Gasteiger partial charge in [-0.05, 0) is 49.3 Å². The molecule has 0 bridgehead atoms. The summed E-state index contributed by atoms with van der Waals surface area (Å²) in [6.07, 6.45) is 2.43. The average Bonchev–Trinajstić information content (AvgIpc) is 3.55. The van der Waals surface area contributed by atoms with Crippen LogP contribution in [0, 0.1) is 4.77 Å². The van der Waals surface area contributed by atoms with Gasteiger partial charge >= 0.3 is 0 Å². The molecular weight excluding hydrogens is 366 g/mol. The fraction of sp³-hybridized carbons (Fsp3) is 0.364. The van der Waals surface area contributed by atoms with E-state index >= 15 is 0 Å². The summed E-state index contributed by atoms with van der Waals surface area (Å²) in [5.74, 6) is 1.68. The van der Waals surface area contributed by atoms with Crippen LogP contribution in [0.15, 0.2) is 60.7 Å². The Bertz CT molecular complexity index is 983. The Labute approximate surface area is 170 Å². The molecule has 5 rings (SSSR count). The Morgan fingerprint density at radius 3 is 2.04 bits per heavy atom. The molecule has 2 aliphatic rings. The van der Waals surface area contributed by atoms with E-state index in [1.807, 2.05) is 10.7 Å². The van der Waals surface area contributed by atoms with Crippen molar-refractivity contribution >= 4 is 17.9 Å². The smallest absolute Gasteiger partial charge is 0.203 e. The second kappa shape index (κ2) is 7.53. The van der Waals surface area contributed by atoms with Gasteiger partial charge in [-0.15, -0.1) is 0 Å². The zero-order valence-corrected chi connectivity index (χ0v) is 16.8. The fourth-order valence-electron chi connectivity index (χ4n) is 3.92. The molecule has 1 aliphatic heterocycles. The number of aromatic nitrogens is 3. The molecule has 0 unspecified atom stereocenters.